The first-order chi connectivity index (χ1) is 11.0. The molecule has 2 N–H and O–H groups in total. The normalized spacial score (nSPS) is 18.2. The van der Waals surface area contributed by atoms with E-state index in [0.717, 1.165) is 44.1 Å². The van der Waals surface area contributed by atoms with E-state index in [4.69, 9.17) is 4.74 Å². The molecule has 1 aliphatic carbocycles. The summed E-state index contributed by atoms with van der Waals surface area (Å²) >= 11 is 0. The van der Waals surface area contributed by atoms with E-state index in [1.165, 1.54) is 0 Å². The fourth-order valence-corrected chi connectivity index (χ4v) is 2.86. The summed E-state index contributed by atoms with van der Waals surface area (Å²) in [6, 6.07) is 3.71. The Balaban J connectivity index is 1.83. The molecule has 0 spiro atoms. The van der Waals surface area contributed by atoms with Crippen LogP contribution in [0.3, 0.4) is 0 Å². The summed E-state index contributed by atoms with van der Waals surface area (Å²) in [7, 11) is 0. The minimum Gasteiger partial charge on any atom is -0.475 e. The van der Waals surface area contributed by atoms with Crippen LogP contribution in [0, 0.1) is 0 Å². The van der Waals surface area contributed by atoms with Gasteiger partial charge in [0.2, 0.25) is 11.8 Å². The SMILES string of the molecule is CCC(C)Oc1cc(CNC(=O)CC2(O)CCCCC2)ccn1. The third kappa shape index (κ3) is 5.82. The Morgan fingerprint density at radius 3 is 2.87 bits per heavy atom. The van der Waals surface area contributed by atoms with Crippen molar-refractivity contribution in [1.82, 2.24) is 10.3 Å². The summed E-state index contributed by atoms with van der Waals surface area (Å²) in [4.78, 5) is 16.3. The highest BCUT2D eigenvalue weighted by atomic mass is 16.5. The van der Waals surface area contributed by atoms with E-state index < -0.39 is 5.60 Å². The Hall–Kier alpha value is -1.62. The molecule has 1 heterocycles. The Kier molecular flexibility index (Phi) is 6.39. The molecular weight excluding hydrogens is 292 g/mol. The first-order valence-electron chi connectivity index (χ1n) is 8.61. The third-order valence-corrected chi connectivity index (χ3v) is 4.46. The molecule has 23 heavy (non-hydrogen) atoms. The van der Waals surface area contributed by atoms with Crippen molar-refractivity contribution in [2.45, 2.75) is 77.0 Å². The molecule has 128 valence electrons. The molecule has 1 aliphatic rings. The number of hydrogen-bond donors (Lipinski definition) is 2. The number of aromatic nitrogens is 1. The van der Waals surface area contributed by atoms with Crippen molar-refractivity contribution < 1.29 is 14.6 Å². The minimum absolute atomic E-state index is 0.101. The molecule has 1 amide bonds. The van der Waals surface area contributed by atoms with Gasteiger partial charge in [-0.15, -0.1) is 0 Å². The lowest BCUT2D eigenvalue weighted by molar-refractivity contribution is -0.127. The van der Waals surface area contributed by atoms with Crippen molar-refractivity contribution in [2.75, 3.05) is 0 Å². The van der Waals surface area contributed by atoms with Gasteiger partial charge in [-0.3, -0.25) is 4.79 Å². The number of nitrogens with one attached hydrogen (secondary N) is 1. The molecule has 0 bridgehead atoms. The maximum absolute atomic E-state index is 12.1. The summed E-state index contributed by atoms with van der Waals surface area (Å²) in [6.07, 6.45) is 7.52. The Bertz CT molecular complexity index is 513. The summed E-state index contributed by atoms with van der Waals surface area (Å²) < 4.78 is 5.68. The average Bonchev–Trinajstić information content (AvgIpc) is 2.53. The molecule has 2 rings (SSSR count). The van der Waals surface area contributed by atoms with Crippen LogP contribution in [0.15, 0.2) is 18.3 Å². The van der Waals surface area contributed by atoms with Crippen LogP contribution in [-0.2, 0) is 11.3 Å². The highest BCUT2D eigenvalue weighted by molar-refractivity contribution is 5.77. The van der Waals surface area contributed by atoms with Crippen LogP contribution < -0.4 is 10.1 Å². The largest absolute Gasteiger partial charge is 0.475 e. The van der Waals surface area contributed by atoms with Gasteiger partial charge < -0.3 is 15.2 Å². The number of hydrogen-bond acceptors (Lipinski definition) is 4. The molecule has 5 heteroatoms. The topological polar surface area (TPSA) is 71.5 Å². The van der Waals surface area contributed by atoms with E-state index in [1.54, 1.807) is 6.20 Å². The van der Waals surface area contributed by atoms with Gasteiger partial charge in [-0.2, -0.15) is 0 Å². The van der Waals surface area contributed by atoms with Crippen molar-refractivity contribution in [3.8, 4) is 5.88 Å². The van der Waals surface area contributed by atoms with Crippen LogP contribution in [-0.4, -0.2) is 27.7 Å². The molecule has 0 saturated heterocycles. The Morgan fingerprint density at radius 2 is 2.17 bits per heavy atom. The maximum Gasteiger partial charge on any atom is 0.223 e. The minimum atomic E-state index is -0.814. The predicted octanol–water partition coefficient (Wildman–Crippen LogP) is 2.96. The number of pyridine rings is 1. The number of aliphatic hydroxyl groups is 1. The standard InChI is InChI=1S/C18H28N2O3/c1-3-14(2)23-17-11-15(7-10-19-17)13-20-16(21)12-18(22)8-5-4-6-9-18/h7,10-11,14,22H,3-6,8-9,12-13H2,1-2H3,(H,20,21). The van der Waals surface area contributed by atoms with Crippen LogP contribution in [0.1, 0.15) is 64.4 Å². The lowest BCUT2D eigenvalue weighted by Crippen LogP contribution is -2.38. The van der Waals surface area contributed by atoms with E-state index in [0.29, 0.717) is 12.4 Å². The van der Waals surface area contributed by atoms with Crippen LogP contribution >= 0.6 is 0 Å². The van der Waals surface area contributed by atoms with Crippen LogP contribution in [0.2, 0.25) is 0 Å². The quantitative estimate of drug-likeness (QED) is 0.810. The van der Waals surface area contributed by atoms with E-state index in [2.05, 4.69) is 17.2 Å². The molecule has 0 radical (unpaired) electrons. The highest BCUT2D eigenvalue weighted by Gasteiger charge is 2.31. The van der Waals surface area contributed by atoms with E-state index in [-0.39, 0.29) is 18.4 Å². The first-order valence-corrected chi connectivity index (χ1v) is 8.61. The van der Waals surface area contributed by atoms with Gasteiger partial charge in [0.15, 0.2) is 0 Å². The lowest BCUT2D eigenvalue weighted by atomic mass is 9.82. The van der Waals surface area contributed by atoms with Crippen molar-refractivity contribution in [2.24, 2.45) is 0 Å². The number of carbonyl (C=O) groups is 1. The fraction of sp³-hybridized carbons (Fsp3) is 0.667. The maximum atomic E-state index is 12.1. The van der Waals surface area contributed by atoms with E-state index in [9.17, 15) is 9.90 Å². The molecule has 1 fully saturated rings. The van der Waals surface area contributed by atoms with Gasteiger partial charge in [0.1, 0.15) is 0 Å². The molecule has 1 aromatic heterocycles. The number of nitrogens with zero attached hydrogens (tertiary/aromatic N) is 1. The van der Waals surface area contributed by atoms with Gasteiger partial charge in [0.25, 0.3) is 0 Å². The summed E-state index contributed by atoms with van der Waals surface area (Å²) in [6.45, 7) is 4.49. The zero-order valence-corrected chi connectivity index (χ0v) is 14.2. The lowest BCUT2D eigenvalue weighted by Gasteiger charge is -2.31. The van der Waals surface area contributed by atoms with Crippen molar-refractivity contribution >= 4 is 5.91 Å². The first kappa shape index (κ1) is 17.7. The second-order valence-electron chi connectivity index (χ2n) is 6.58. The molecule has 1 saturated carbocycles. The van der Waals surface area contributed by atoms with Gasteiger partial charge >= 0.3 is 0 Å². The number of rotatable bonds is 7. The average molecular weight is 320 g/mol. The van der Waals surface area contributed by atoms with E-state index >= 15 is 0 Å². The van der Waals surface area contributed by atoms with Crippen LogP contribution in [0.4, 0.5) is 0 Å². The summed E-state index contributed by atoms with van der Waals surface area (Å²) in [5.41, 5.74) is 0.132. The molecule has 5 nitrogen and oxygen atoms in total. The monoisotopic (exact) mass is 320 g/mol. The number of amides is 1. The van der Waals surface area contributed by atoms with Gasteiger partial charge in [0, 0.05) is 18.8 Å². The number of ether oxygens (including phenoxy) is 1. The predicted molar refractivity (Wildman–Crippen MR) is 89.1 cm³/mol. The van der Waals surface area contributed by atoms with Gasteiger partial charge in [0.05, 0.1) is 18.1 Å². The third-order valence-electron chi connectivity index (χ3n) is 4.46. The molecule has 1 aromatic rings. The van der Waals surface area contributed by atoms with Gasteiger partial charge in [-0.05, 0) is 37.8 Å². The highest BCUT2D eigenvalue weighted by Crippen LogP contribution is 2.30. The van der Waals surface area contributed by atoms with Crippen molar-refractivity contribution in [1.29, 1.82) is 0 Å². The van der Waals surface area contributed by atoms with Crippen LogP contribution in [0.25, 0.3) is 0 Å². The van der Waals surface area contributed by atoms with Gasteiger partial charge in [-0.25, -0.2) is 4.98 Å². The molecule has 0 aromatic carbocycles. The second-order valence-corrected chi connectivity index (χ2v) is 6.58. The molecule has 1 atom stereocenters. The zero-order chi connectivity index (χ0) is 16.7. The summed E-state index contributed by atoms with van der Waals surface area (Å²) in [5, 5.41) is 13.3. The Labute approximate surface area is 138 Å². The summed E-state index contributed by atoms with van der Waals surface area (Å²) in [5.74, 6) is 0.479. The number of carbonyl (C=O) groups excluding carboxylic acids is 1. The molecule has 1 unspecified atom stereocenters. The zero-order valence-electron chi connectivity index (χ0n) is 14.2. The second kappa shape index (κ2) is 8.29. The van der Waals surface area contributed by atoms with Gasteiger partial charge in [-0.1, -0.05) is 26.2 Å². The molecular formula is C18H28N2O3. The van der Waals surface area contributed by atoms with Crippen molar-refractivity contribution in [3.63, 3.8) is 0 Å². The Morgan fingerprint density at radius 1 is 1.43 bits per heavy atom. The smallest absolute Gasteiger partial charge is 0.223 e. The van der Waals surface area contributed by atoms with Crippen molar-refractivity contribution in [3.05, 3.63) is 23.9 Å². The molecule has 0 aliphatic heterocycles. The van der Waals surface area contributed by atoms with E-state index in [1.807, 2.05) is 19.1 Å². The fourth-order valence-electron chi connectivity index (χ4n) is 2.86. The van der Waals surface area contributed by atoms with Crippen LogP contribution in [0.5, 0.6) is 5.88 Å².